The molecule has 0 radical (unpaired) electrons. The van der Waals surface area contributed by atoms with Crippen molar-refractivity contribution in [3.05, 3.63) is 35.9 Å². The zero-order valence-corrected chi connectivity index (χ0v) is 12.3. The molecule has 1 aliphatic rings. The third kappa shape index (κ3) is 3.42. The lowest BCUT2D eigenvalue weighted by molar-refractivity contribution is -0.142. The van der Waals surface area contributed by atoms with E-state index in [9.17, 15) is 9.59 Å². The maximum absolute atomic E-state index is 12.2. The Morgan fingerprint density at radius 3 is 2.48 bits per heavy atom. The Balaban J connectivity index is 2.07. The molecule has 0 fully saturated rings. The second kappa shape index (κ2) is 6.92. The molecule has 2 rings (SSSR count). The van der Waals surface area contributed by atoms with Crippen LogP contribution in [-0.4, -0.2) is 37.5 Å². The second-order valence-corrected chi connectivity index (χ2v) is 4.72. The third-order valence-electron chi connectivity index (χ3n) is 3.47. The van der Waals surface area contributed by atoms with Crippen LogP contribution < -0.4 is 9.47 Å². The normalized spacial score (nSPS) is 14.2. The molecule has 112 valence electrons. The van der Waals surface area contributed by atoms with Crippen molar-refractivity contribution in [3.8, 4) is 11.5 Å². The lowest BCUT2D eigenvalue weighted by Crippen LogP contribution is -2.38. The minimum Gasteiger partial charge on any atom is -0.496 e. The summed E-state index contributed by atoms with van der Waals surface area (Å²) in [6, 6.07) is 5.50. The monoisotopic (exact) mass is 289 g/mol. The van der Waals surface area contributed by atoms with Crippen LogP contribution in [0.3, 0.4) is 0 Å². The summed E-state index contributed by atoms with van der Waals surface area (Å²) in [6.45, 7) is 0.456. The highest BCUT2D eigenvalue weighted by Gasteiger charge is 2.22. The number of nitrogens with zero attached hydrogens (tertiary/aromatic N) is 1. The van der Waals surface area contributed by atoms with Crippen LogP contribution in [0.4, 0.5) is 0 Å². The summed E-state index contributed by atoms with van der Waals surface area (Å²) in [5.74, 6) is 0.967. The number of hydrogen-bond acceptors (Lipinski definition) is 4. The summed E-state index contributed by atoms with van der Waals surface area (Å²) in [5, 5.41) is 0. The molecule has 0 unspecified atom stereocenters. The van der Waals surface area contributed by atoms with Gasteiger partial charge in [0.15, 0.2) is 0 Å². The van der Waals surface area contributed by atoms with E-state index >= 15 is 0 Å². The van der Waals surface area contributed by atoms with Crippen molar-refractivity contribution in [1.82, 2.24) is 4.90 Å². The van der Waals surface area contributed by atoms with Crippen LogP contribution in [0.15, 0.2) is 30.4 Å². The summed E-state index contributed by atoms with van der Waals surface area (Å²) < 4.78 is 10.6. The van der Waals surface area contributed by atoms with Crippen LogP contribution in [0.2, 0.25) is 0 Å². The zero-order valence-electron chi connectivity index (χ0n) is 12.3. The molecule has 2 amide bonds. The Kier molecular flexibility index (Phi) is 4.98. The molecule has 1 heterocycles. The van der Waals surface area contributed by atoms with Crippen molar-refractivity contribution in [2.24, 2.45) is 0 Å². The first-order valence-electron chi connectivity index (χ1n) is 6.88. The largest absolute Gasteiger partial charge is 0.496 e. The fourth-order valence-electron chi connectivity index (χ4n) is 2.38. The van der Waals surface area contributed by atoms with Crippen molar-refractivity contribution in [2.75, 3.05) is 20.8 Å². The van der Waals surface area contributed by atoms with E-state index in [4.69, 9.17) is 9.47 Å². The number of methoxy groups -OCH3 is 2. The molecule has 0 saturated carbocycles. The molecule has 1 aromatic rings. The van der Waals surface area contributed by atoms with Crippen molar-refractivity contribution < 1.29 is 19.1 Å². The first kappa shape index (κ1) is 15.1. The van der Waals surface area contributed by atoms with Gasteiger partial charge in [0.2, 0.25) is 5.91 Å². The van der Waals surface area contributed by atoms with Crippen molar-refractivity contribution >= 4 is 11.8 Å². The summed E-state index contributed by atoms with van der Waals surface area (Å²) in [5.41, 5.74) is 0.843. The summed E-state index contributed by atoms with van der Waals surface area (Å²) in [6.07, 6.45) is 4.67. The molecule has 0 saturated heterocycles. The van der Waals surface area contributed by atoms with E-state index in [1.54, 1.807) is 20.3 Å². The van der Waals surface area contributed by atoms with Gasteiger partial charge in [0.1, 0.15) is 11.5 Å². The quantitative estimate of drug-likeness (QED) is 0.831. The third-order valence-corrected chi connectivity index (χ3v) is 3.47. The van der Waals surface area contributed by atoms with E-state index in [1.165, 1.54) is 11.0 Å². The van der Waals surface area contributed by atoms with E-state index in [0.717, 1.165) is 12.0 Å². The minimum absolute atomic E-state index is 0.169. The van der Waals surface area contributed by atoms with Crippen LogP contribution in [0.25, 0.3) is 0 Å². The van der Waals surface area contributed by atoms with Gasteiger partial charge in [-0.05, 0) is 31.1 Å². The molecule has 1 aliphatic heterocycles. The molecule has 0 spiro atoms. The standard InChI is InChI=1S/C16H19NO4/c1-20-13-6-5-7-14(21-2)12(13)9-10-16(19)17-11-4-3-8-15(17)18/h3,5-8H,4,9-11H2,1-2H3. The Bertz CT molecular complexity index is 543. The van der Waals surface area contributed by atoms with E-state index in [-0.39, 0.29) is 18.2 Å². The molecule has 0 aliphatic carbocycles. The number of ether oxygens (including phenoxy) is 2. The van der Waals surface area contributed by atoms with Crippen LogP contribution in [0.5, 0.6) is 11.5 Å². The van der Waals surface area contributed by atoms with Gasteiger partial charge in [0.05, 0.1) is 14.2 Å². The van der Waals surface area contributed by atoms with Crippen LogP contribution >= 0.6 is 0 Å². The molecule has 0 atom stereocenters. The van der Waals surface area contributed by atoms with Crippen LogP contribution in [0, 0.1) is 0 Å². The van der Waals surface area contributed by atoms with Gasteiger partial charge in [-0.1, -0.05) is 12.1 Å². The van der Waals surface area contributed by atoms with E-state index < -0.39 is 0 Å². The number of amides is 2. The predicted octanol–water partition coefficient (Wildman–Crippen LogP) is 1.95. The molecular formula is C16H19NO4. The van der Waals surface area contributed by atoms with Crippen molar-refractivity contribution in [1.29, 1.82) is 0 Å². The first-order valence-corrected chi connectivity index (χ1v) is 6.88. The average Bonchev–Trinajstić information content (AvgIpc) is 2.52. The highest BCUT2D eigenvalue weighted by Crippen LogP contribution is 2.29. The fraction of sp³-hybridized carbons (Fsp3) is 0.375. The molecule has 1 aromatic carbocycles. The Morgan fingerprint density at radius 2 is 1.90 bits per heavy atom. The first-order chi connectivity index (χ1) is 10.2. The predicted molar refractivity (Wildman–Crippen MR) is 78.3 cm³/mol. The summed E-state index contributed by atoms with van der Waals surface area (Å²) in [4.78, 5) is 25.1. The van der Waals surface area contributed by atoms with Crippen LogP contribution in [0.1, 0.15) is 18.4 Å². The van der Waals surface area contributed by atoms with Gasteiger partial charge < -0.3 is 9.47 Å². The van der Waals surface area contributed by atoms with Crippen molar-refractivity contribution in [2.45, 2.75) is 19.3 Å². The fourth-order valence-corrected chi connectivity index (χ4v) is 2.38. The van der Waals surface area contributed by atoms with Crippen LogP contribution in [-0.2, 0) is 16.0 Å². The number of hydrogen-bond donors (Lipinski definition) is 0. The molecule has 5 heteroatoms. The lowest BCUT2D eigenvalue weighted by atomic mass is 10.1. The highest BCUT2D eigenvalue weighted by atomic mass is 16.5. The smallest absolute Gasteiger partial charge is 0.252 e. The molecule has 0 aromatic heterocycles. The molecule has 5 nitrogen and oxygen atoms in total. The maximum atomic E-state index is 12.2. The Labute approximate surface area is 124 Å². The summed E-state index contributed by atoms with van der Waals surface area (Å²) >= 11 is 0. The topological polar surface area (TPSA) is 55.8 Å². The van der Waals surface area contributed by atoms with Gasteiger partial charge in [0.25, 0.3) is 5.91 Å². The summed E-state index contributed by atoms with van der Waals surface area (Å²) in [7, 11) is 3.16. The SMILES string of the molecule is COc1cccc(OC)c1CCC(=O)N1CCC=CC1=O. The number of imide groups is 1. The van der Waals surface area contributed by atoms with E-state index in [0.29, 0.717) is 24.5 Å². The maximum Gasteiger partial charge on any atom is 0.252 e. The van der Waals surface area contributed by atoms with Gasteiger partial charge in [0, 0.05) is 18.5 Å². The second-order valence-electron chi connectivity index (χ2n) is 4.72. The number of rotatable bonds is 5. The molecular weight excluding hydrogens is 270 g/mol. The molecule has 21 heavy (non-hydrogen) atoms. The van der Waals surface area contributed by atoms with Gasteiger partial charge in [-0.3, -0.25) is 14.5 Å². The van der Waals surface area contributed by atoms with E-state index in [2.05, 4.69) is 0 Å². The lowest BCUT2D eigenvalue weighted by Gasteiger charge is -2.21. The Morgan fingerprint density at radius 1 is 1.24 bits per heavy atom. The van der Waals surface area contributed by atoms with Gasteiger partial charge in [-0.25, -0.2) is 0 Å². The van der Waals surface area contributed by atoms with Crippen molar-refractivity contribution in [3.63, 3.8) is 0 Å². The minimum atomic E-state index is -0.238. The molecule has 0 bridgehead atoms. The molecule has 0 N–H and O–H groups in total. The van der Waals surface area contributed by atoms with Gasteiger partial charge in [-0.2, -0.15) is 0 Å². The zero-order chi connectivity index (χ0) is 15.2. The number of benzene rings is 1. The van der Waals surface area contributed by atoms with E-state index in [1.807, 2.05) is 18.2 Å². The average molecular weight is 289 g/mol. The van der Waals surface area contributed by atoms with Gasteiger partial charge >= 0.3 is 0 Å². The number of carbonyl (C=O) groups excluding carboxylic acids is 2. The highest BCUT2D eigenvalue weighted by molar-refractivity contribution is 6.01. The Hall–Kier alpha value is -2.30. The number of carbonyl (C=O) groups is 2. The van der Waals surface area contributed by atoms with Gasteiger partial charge in [-0.15, -0.1) is 0 Å².